The number of carboxylic acid groups (broad SMARTS) is 2. The van der Waals surface area contributed by atoms with E-state index in [1.54, 1.807) is 0 Å². The lowest BCUT2D eigenvalue weighted by molar-refractivity contribution is -0.116. The Bertz CT molecular complexity index is 588. The third-order valence-corrected chi connectivity index (χ3v) is 3.27. The molecule has 1 atom stereocenters. The van der Waals surface area contributed by atoms with Crippen LogP contribution in [-0.4, -0.2) is 28.1 Å². The summed E-state index contributed by atoms with van der Waals surface area (Å²) in [7, 11) is 0. The largest absolute Gasteiger partial charge is 0.478 e. The van der Waals surface area contributed by atoms with E-state index in [4.69, 9.17) is 10.2 Å². The zero-order valence-corrected chi connectivity index (χ0v) is 11.2. The highest BCUT2D eigenvalue weighted by Gasteiger charge is 2.16. The van der Waals surface area contributed by atoms with Crippen molar-refractivity contribution in [1.82, 2.24) is 0 Å². The molecular formula is C15H15NO5. The third kappa shape index (κ3) is 3.92. The van der Waals surface area contributed by atoms with Crippen LogP contribution in [0.2, 0.25) is 0 Å². The van der Waals surface area contributed by atoms with E-state index in [0.717, 1.165) is 18.9 Å². The van der Waals surface area contributed by atoms with Gasteiger partial charge in [-0.2, -0.15) is 0 Å². The summed E-state index contributed by atoms with van der Waals surface area (Å²) < 4.78 is 0. The van der Waals surface area contributed by atoms with Crippen LogP contribution < -0.4 is 5.32 Å². The second-order valence-corrected chi connectivity index (χ2v) is 4.93. The second-order valence-electron chi connectivity index (χ2n) is 4.93. The van der Waals surface area contributed by atoms with Crippen LogP contribution in [0.5, 0.6) is 0 Å². The molecule has 2 rings (SSSR count). The number of hydrogen-bond donors (Lipinski definition) is 3. The van der Waals surface area contributed by atoms with Gasteiger partial charge in [-0.15, -0.1) is 0 Å². The maximum Gasteiger partial charge on any atom is 0.335 e. The predicted octanol–water partition coefficient (Wildman–Crippen LogP) is 2.38. The summed E-state index contributed by atoms with van der Waals surface area (Å²) in [6.07, 6.45) is 6.18. The number of nitrogens with one attached hydrogen (secondary N) is 1. The molecule has 110 valence electrons. The minimum absolute atomic E-state index is 0.175. The van der Waals surface area contributed by atoms with Crippen LogP contribution in [0.4, 0.5) is 5.69 Å². The monoisotopic (exact) mass is 289 g/mol. The van der Waals surface area contributed by atoms with E-state index < -0.39 is 11.9 Å². The highest BCUT2D eigenvalue weighted by Crippen LogP contribution is 2.22. The van der Waals surface area contributed by atoms with Crippen molar-refractivity contribution in [2.75, 3.05) is 5.32 Å². The van der Waals surface area contributed by atoms with Crippen molar-refractivity contribution in [2.24, 2.45) is 5.92 Å². The molecule has 21 heavy (non-hydrogen) atoms. The first-order valence-corrected chi connectivity index (χ1v) is 6.54. The van der Waals surface area contributed by atoms with E-state index in [1.165, 1.54) is 12.1 Å². The Kier molecular flexibility index (Phi) is 4.37. The number of carbonyl (C=O) groups is 3. The number of hydrogen-bond acceptors (Lipinski definition) is 3. The van der Waals surface area contributed by atoms with Crippen LogP contribution in [0.25, 0.3) is 0 Å². The first-order chi connectivity index (χ1) is 9.95. The maximum atomic E-state index is 11.9. The SMILES string of the molecule is O=C(CC1C=CCC1)Nc1cc(C(=O)O)cc(C(=O)O)c1. The molecule has 1 aromatic carbocycles. The molecule has 0 heterocycles. The zero-order chi connectivity index (χ0) is 15.4. The van der Waals surface area contributed by atoms with Gasteiger partial charge in [0, 0.05) is 12.1 Å². The first kappa shape index (κ1) is 14.8. The molecule has 1 unspecified atom stereocenters. The standard InChI is InChI=1S/C15H15NO5/c17-13(5-9-3-1-2-4-9)16-12-7-10(14(18)19)6-11(8-12)15(20)21/h1,3,6-9H,2,4-5H2,(H,16,17)(H,18,19)(H,20,21). The van der Waals surface area contributed by atoms with Crippen molar-refractivity contribution in [3.05, 3.63) is 41.5 Å². The number of carbonyl (C=O) groups excluding carboxylic acids is 1. The average molecular weight is 289 g/mol. The van der Waals surface area contributed by atoms with E-state index in [-0.39, 0.29) is 28.6 Å². The van der Waals surface area contributed by atoms with Gasteiger partial charge in [-0.3, -0.25) is 4.79 Å². The van der Waals surface area contributed by atoms with Gasteiger partial charge in [0.25, 0.3) is 0 Å². The quantitative estimate of drug-likeness (QED) is 0.722. The molecule has 0 radical (unpaired) electrons. The molecule has 0 spiro atoms. The lowest BCUT2D eigenvalue weighted by Gasteiger charge is -2.10. The fourth-order valence-electron chi connectivity index (χ4n) is 2.26. The van der Waals surface area contributed by atoms with Crippen LogP contribution in [0.3, 0.4) is 0 Å². The number of rotatable bonds is 5. The van der Waals surface area contributed by atoms with Gasteiger partial charge in [0.15, 0.2) is 0 Å². The molecule has 1 amide bonds. The maximum absolute atomic E-state index is 11.9. The zero-order valence-electron chi connectivity index (χ0n) is 11.2. The molecule has 0 saturated carbocycles. The minimum Gasteiger partial charge on any atom is -0.478 e. The lowest BCUT2D eigenvalue weighted by atomic mass is 10.0. The molecule has 3 N–H and O–H groups in total. The summed E-state index contributed by atoms with van der Waals surface area (Å²) >= 11 is 0. The Labute approximate surface area is 121 Å². The van der Waals surface area contributed by atoms with Gasteiger partial charge in [-0.1, -0.05) is 12.2 Å². The molecule has 0 aliphatic heterocycles. The van der Waals surface area contributed by atoms with Crippen molar-refractivity contribution in [1.29, 1.82) is 0 Å². The number of carboxylic acids is 2. The predicted molar refractivity (Wildman–Crippen MR) is 75.5 cm³/mol. The van der Waals surface area contributed by atoms with Gasteiger partial charge in [0.2, 0.25) is 5.91 Å². The smallest absolute Gasteiger partial charge is 0.335 e. The number of benzene rings is 1. The van der Waals surface area contributed by atoms with E-state index >= 15 is 0 Å². The van der Waals surface area contributed by atoms with Gasteiger partial charge in [0.1, 0.15) is 0 Å². The molecule has 6 nitrogen and oxygen atoms in total. The van der Waals surface area contributed by atoms with Crippen molar-refractivity contribution >= 4 is 23.5 Å². The molecule has 1 aromatic rings. The van der Waals surface area contributed by atoms with Gasteiger partial charge in [-0.05, 0) is 37.0 Å². The summed E-state index contributed by atoms with van der Waals surface area (Å²) in [5.74, 6) is -2.56. The van der Waals surface area contributed by atoms with Crippen LogP contribution in [0.1, 0.15) is 40.0 Å². The topological polar surface area (TPSA) is 104 Å². The van der Waals surface area contributed by atoms with Crippen molar-refractivity contribution in [3.8, 4) is 0 Å². The number of amides is 1. The Morgan fingerprint density at radius 1 is 1.10 bits per heavy atom. The van der Waals surface area contributed by atoms with E-state index in [9.17, 15) is 14.4 Å². The third-order valence-electron chi connectivity index (χ3n) is 3.27. The highest BCUT2D eigenvalue weighted by atomic mass is 16.4. The Balaban J connectivity index is 2.14. The molecule has 0 saturated heterocycles. The fourth-order valence-corrected chi connectivity index (χ4v) is 2.26. The number of anilines is 1. The molecule has 1 aliphatic carbocycles. The summed E-state index contributed by atoms with van der Waals surface area (Å²) in [5.41, 5.74) is -0.170. The highest BCUT2D eigenvalue weighted by molar-refractivity contribution is 5.98. The fraction of sp³-hybridized carbons (Fsp3) is 0.267. The normalized spacial score (nSPS) is 16.7. The first-order valence-electron chi connectivity index (χ1n) is 6.54. The summed E-state index contributed by atoms with van der Waals surface area (Å²) in [6, 6.07) is 3.55. The van der Waals surface area contributed by atoms with Crippen LogP contribution in [-0.2, 0) is 4.79 Å². The van der Waals surface area contributed by atoms with Crippen LogP contribution in [0.15, 0.2) is 30.4 Å². The second kappa shape index (κ2) is 6.21. The van der Waals surface area contributed by atoms with E-state index in [2.05, 4.69) is 5.32 Å². The Hall–Kier alpha value is -2.63. The van der Waals surface area contributed by atoms with Gasteiger partial charge in [0.05, 0.1) is 11.1 Å². The molecule has 6 heteroatoms. The molecule has 0 fully saturated rings. The number of allylic oxidation sites excluding steroid dienone is 2. The van der Waals surface area contributed by atoms with Crippen molar-refractivity contribution in [3.63, 3.8) is 0 Å². The molecular weight excluding hydrogens is 274 g/mol. The molecule has 1 aliphatic rings. The van der Waals surface area contributed by atoms with Crippen LogP contribution >= 0.6 is 0 Å². The van der Waals surface area contributed by atoms with E-state index in [1.807, 2.05) is 12.2 Å². The summed E-state index contributed by atoms with van der Waals surface area (Å²) in [5, 5.41) is 20.5. The Morgan fingerprint density at radius 3 is 2.19 bits per heavy atom. The van der Waals surface area contributed by atoms with Crippen molar-refractivity contribution in [2.45, 2.75) is 19.3 Å². The number of aromatic carboxylic acids is 2. The minimum atomic E-state index is -1.24. The van der Waals surface area contributed by atoms with Crippen LogP contribution in [0, 0.1) is 5.92 Å². The summed E-state index contributed by atoms with van der Waals surface area (Å²) in [4.78, 5) is 33.8. The van der Waals surface area contributed by atoms with Gasteiger partial charge in [-0.25, -0.2) is 9.59 Å². The summed E-state index contributed by atoms with van der Waals surface area (Å²) in [6.45, 7) is 0. The molecule has 0 bridgehead atoms. The van der Waals surface area contributed by atoms with Gasteiger partial charge < -0.3 is 15.5 Å². The average Bonchev–Trinajstić information content (AvgIpc) is 2.90. The Morgan fingerprint density at radius 2 is 1.71 bits per heavy atom. The lowest BCUT2D eigenvalue weighted by Crippen LogP contribution is -2.16. The van der Waals surface area contributed by atoms with Crippen molar-refractivity contribution < 1.29 is 24.6 Å². The van der Waals surface area contributed by atoms with Gasteiger partial charge >= 0.3 is 11.9 Å². The molecule has 0 aromatic heterocycles. The van der Waals surface area contributed by atoms with E-state index in [0.29, 0.717) is 6.42 Å².